The van der Waals surface area contributed by atoms with Gasteiger partial charge in [-0.1, -0.05) is 18.2 Å². The fraction of sp³-hybridized carbons (Fsp3) is 0.429. The van der Waals surface area contributed by atoms with Crippen molar-refractivity contribution in [2.24, 2.45) is 0 Å². The molecule has 0 atom stereocenters. The standard InChI is InChI=1S/C21H26N4S/c1-20(2)12-15(13-21(3,4)25-20)23-19-22-10-9-16(24-19)18-11-14-7-5-6-8-17(14)26-18/h5-11,15,25H,12-13H2,1-4H3,(H,22,23,24). The van der Waals surface area contributed by atoms with Gasteiger partial charge < -0.3 is 10.6 Å². The fourth-order valence-corrected chi connectivity index (χ4v) is 5.31. The fourth-order valence-electron chi connectivity index (χ4n) is 4.28. The average Bonchev–Trinajstić information content (AvgIpc) is 2.96. The molecule has 1 aromatic carbocycles. The van der Waals surface area contributed by atoms with Crippen molar-refractivity contribution in [1.82, 2.24) is 15.3 Å². The SMILES string of the molecule is CC1(C)CC(Nc2nccc(-c3cc4ccccc4s3)n2)CC(C)(C)N1. The van der Waals surface area contributed by atoms with Crippen LogP contribution in [0.1, 0.15) is 40.5 Å². The van der Waals surface area contributed by atoms with Crippen molar-refractivity contribution < 1.29 is 0 Å². The van der Waals surface area contributed by atoms with Gasteiger partial charge in [-0.3, -0.25) is 0 Å². The molecule has 0 aliphatic carbocycles. The summed E-state index contributed by atoms with van der Waals surface area (Å²) in [7, 11) is 0. The third-order valence-corrected chi connectivity index (χ3v) is 6.00. The highest BCUT2D eigenvalue weighted by atomic mass is 32.1. The van der Waals surface area contributed by atoms with Crippen LogP contribution in [0.3, 0.4) is 0 Å². The van der Waals surface area contributed by atoms with Crippen LogP contribution in [0.25, 0.3) is 20.7 Å². The molecule has 0 saturated carbocycles. The van der Waals surface area contributed by atoms with Crippen molar-refractivity contribution in [2.75, 3.05) is 5.32 Å². The molecule has 1 fully saturated rings. The summed E-state index contributed by atoms with van der Waals surface area (Å²) in [5.74, 6) is 0.721. The summed E-state index contributed by atoms with van der Waals surface area (Å²) in [6.07, 6.45) is 3.95. The van der Waals surface area contributed by atoms with E-state index in [1.807, 2.05) is 12.3 Å². The minimum atomic E-state index is 0.0997. The molecule has 3 heterocycles. The van der Waals surface area contributed by atoms with Crippen LogP contribution < -0.4 is 10.6 Å². The minimum Gasteiger partial charge on any atom is -0.351 e. The van der Waals surface area contributed by atoms with E-state index in [1.54, 1.807) is 11.3 Å². The Morgan fingerprint density at radius 2 is 1.81 bits per heavy atom. The number of nitrogens with one attached hydrogen (secondary N) is 2. The van der Waals surface area contributed by atoms with Crippen molar-refractivity contribution in [1.29, 1.82) is 0 Å². The van der Waals surface area contributed by atoms with Crippen LogP contribution in [0.15, 0.2) is 42.6 Å². The molecule has 0 bridgehead atoms. The molecule has 1 saturated heterocycles. The van der Waals surface area contributed by atoms with Gasteiger partial charge in [0.1, 0.15) is 0 Å². The number of hydrogen-bond donors (Lipinski definition) is 2. The zero-order chi connectivity index (χ0) is 18.4. The monoisotopic (exact) mass is 366 g/mol. The predicted molar refractivity (Wildman–Crippen MR) is 111 cm³/mol. The van der Waals surface area contributed by atoms with Gasteiger partial charge in [0.15, 0.2) is 0 Å². The Hall–Kier alpha value is -1.98. The van der Waals surface area contributed by atoms with Gasteiger partial charge in [0.05, 0.1) is 10.6 Å². The van der Waals surface area contributed by atoms with E-state index >= 15 is 0 Å². The maximum Gasteiger partial charge on any atom is 0.223 e. The first-order chi connectivity index (χ1) is 12.3. The quantitative estimate of drug-likeness (QED) is 0.679. The topological polar surface area (TPSA) is 49.8 Å². The number of hydrogen-bond acceptors (Lipinski definition) is 5. The minimum absolute atomic E-state index is 0.0997. The third kappa shape index (κ3) is 3.74. The maximum absolute atomic E-state index is 4.80. The predicted octanol–water partition coefficient (Wildman–Crippen LogP) is 5.08. The van der Waals surface area contributed by atoms with E-state index in [0.717, 1.165) is 24.5 Å². The Labute approximate surface area is 159 Å². The molecule has 0 unspecified atom stereocenters. The van der Waals surface area contributed by atoms with E-state index in [2.05, 4.69) is 73.6 Å². The second-order valence-electron chi connectivity index (χ2n) is 8.56. The summed E-state index contributed by atoms with van der Waals surface area (Å²) < 4.78 is 1.29. The normalized spacial score (nSPS) is 19.5. The van der Waals surface area contributed by atoms with E-state index < -0.39 is 0 Å². The van der Waals surface area contributed by atoms with Gasteiger partial charge in [0.2, 0.25) is 5.95 Å². The van der Waals surface area contributed by atoms with Crippen molar-refractivity contribution >= 4 is 27.4 Å². The molecule has 26 heavy (non-hydrogen) atoms. The molecule has 3 aromatic rings. The van der Waals surface area contributed by atoms with Crippen LogP contribution in [-0.4, -0.2) is 27.1 Å². The van der Waals surface area contributed by atoms with Crippen LogP contribution in [-0.2, 0) is 0 Å². The average molecular weight is 367 g/mol. The highest BCUT2D eigenvalue weighted by molar-refractivity contribution is 7.22. The summed E-state index contributed by atoms with van der Waals surface area (Å²) in [5, 5.41) is 8.57. The Kier molecular flexibility index (Phi) is 4.24. The zero-order valence-corrected chi connectivity index (χ0v) is 16.7. The summed E-state index contributed by atoms with van der Waals surface area (Å²) in [6, 6.07) is 13.0. The first kappa shape index (κ1) is 17.4. The third-order valence-electron chi connectivity index (χ3n) is 4.86. The largest absolute Gasteiger partial charge is 0.351 e. The molecule has 2 aromatic heterocycles. The van der Waals surface area contributed by atoms with Crippen LogP contribution in [0.4, 0.5) is 5.95 Å². The maximum atomic E-state index is 4.80. The highest BCUT2D eigenvalue weighted by Crippen LogP contribution is 2.33. The van der Waals surface area contributed by atoms with Crippen molar-refractivity contribution in [3.8, 4) is 10.6 Å². The van der Waals surface area contributed by atoms with E-state index in [-0.39, 0.29) is 11.1 Å². The number of aromatic nitrogens is 2. The van der Waals surface area contributed by atoms with Crippen molar-refractivity contribution in [3.05, 3.63) is 42.6 Å². The molecule has 0 spiro atoms. The molecule has 4 nitrogen and oxygen atoms in total. The summed E-state index contributed by atoms with van der Waals surface area (Å²) >= 11 is 1.78. The lowest BCUT2D eigenvalue weighted by molar-refractivity contribution is 0.170. The summed E-state index contributed by atoms with van der Waals surface area (Å²) in [5.41, 5.74) is 1.18. The second kappa shape index (κ2) is 6.32. The van der Waals surface area contributed by atoms with E-state index in [4.69, 9.17) is 4.98 Å². The smallest absolute Gasteiger partial charge is 0.223 e. The molecule has 2 N–H and O–H groups in total. The molecule has 136 valence electrons. The summed E-state index contributed by atoms with van der Waals surface area (Å²) in [6.45, 7) is 9.04. The molecule has 0 radical (unpaired) electrons. The van der Waals surface area contributed by atoms with E-state index in [0.29, 0.717) is 6.04 Å². The van der Waals surface area contributed by atoms with Gasteiger partial charge in [-0.05, 0) is 64.1 Å². The lowest BCUT2D eigenvalue weighted by Crippen LogP contribution is -2.60. The Balaban J connectivity index is 1.58. The number of fused-ring (bicyclic) bond motifs is 1. The van der Waals surface area contributed by atoms with Gasteiger partial charge in [-0.15, -0.1) is 11.3 Å². The highest BCUT2D eigenvalue weighted by Gasteiger charge is 2.37. The second-order valence-corrected chi connectivity index (χ2v) is 9.64. The first-order valence-electron chi connectivity index (χ1n) is 9.18. The Morgan fingerprint density at radius 3 is 2.54 bits per heavy atom. The van der Waals surface area contributed by atoms with Gasteiger partial charge in [-0.2, -0.15) is 0 Å². The van der Waals surface area contributed by atoms with E-state index in [1.165, 1.54) is 15.0 Å². The Morgan fingerprint density at radius 1 is 1.08 bits per heavy atom. The molecule has 1 aliphatic heterocycles. The lowest BCUT2D eigenvalue weighted by Gasteiger charge is -2.46. The van der Waals surface area contributed by atoms with Gasteiger partial charge in [0, 0.05) is 28.0 Å². The summed E-state index contributed by atoms with van der Waals surface area (Å²) in [4.78, 5) is 10.4. The molecular formula is C21H26N4S. The van der Waals surface area contributed by atoms with Crippen LogP contribution in [0, 0.1) is 0 Å². The number of nitrogens with zero attached hydrogens (tertiary/aromatic N) is 2. The number of piperidine rings is 1. The van der Waals surface area contributed by atoms with Crippen molar-refractivity contribution in [3.63, 3.8) is 0 Å². The zero-order valence-electron chi connectivity index (χ0n) is 15.8. The molecule has 0 amide bonds. The lowest BCUT2D eigenvalue weighted by atomic mass is 9.80. The molecule has 5 heteroatoms. The van der Waals surface area contributed by atoms with E-state index in [9.17, 15) is 0 Å². The molecular weight excluding hydrogens is 340 g/mol. The van der Waals surface area contributed by atoms with Crippen molar-refractivity contribution in [2.45, 2.75) is 57.7 Å². The van der Waals surface area contributed by atoms with Gasteiger partial charge >= 0.3 is 0 Å². The number of benzene rings is 1. The van der Waals surface area contributed by atoms with Crippen LogP contribution >= 0.6 is 11.3 Å². The number of anilines is 1. The number of thiophene rings is 1. The van der Waals surface area contributed by atoms with Crippen LogP contribution in [0.2, 0.25) is 0 Å². The van der Waals surface area contributed by atoms with Gasteiger partial charge in [0.25, 0.3) is 0 Å². The first-order valence-corrected chi connectivity index (χ1v) is 9.99. The van der Waals surface area contributed by atoms with Gasteiger partial charge in [-0.25, -0.2) is 9.97 Å². The molecule has 4 rings (SSSR count). The van der Waals surface area contributed by atoms with Crippen LogP contribution in [0.5, 0.6) is 0 Å². The molecule has 1 aliphatic rings. The number of rotatable bonds is 3. The Bertz CT molecular complexity index is 879.